The number of aliphatic hydroxyl groups is 3. The molecule has 0 radical (unpaired) electrons. The van der Waals surface area contributed by atoms with Crippen molar-refractivity contribution in [2.45, 2.75) is 49.8 Å². The van der Waals surface area contributed by atoms with Gasteiger partial charge in [-0.25, -0.2) is 8.78 Å². The molecule has 2 aromatic carbocycles. The van der Waals surface area contributed by atoms with Crippen molar-refractivity contribution in [2.75, 3.05) is 13.1 Å². The average Bonchev–Trinajstić information content (AvgIpc) is 2.72. The summed E-state index contributed by atoms with van der Waals surface area (Å²) in [5.41, 5.74) is 0.849. The Balaban J connectivity index is 1.24. The zero-order chi connectivity index (χ0) is 21.3. The predicted molar refractivity (Wildman–Crippen MR) is 104 cm³/mol. The van der Waals surface area contributed by atoms with E-state index in [2.05, 4.69) is 5.32 Å². The summed E-state index contributed by atoms with van der Waals surface area (Å²) in [7, 11) is 0. The Morgan fingerprint density at radius 3 is 2.20 bits per heavy atom. The van der Waals surface area contributed by atoms with E-state index in [9.17, 15) is 24.1 Å². The third-order valence-electron chi connectivity index (χ3n) is 5.60. The molecule has 0 bridgehead atoms. The number of hydrogen-bond acceptors (Lipinski definition) is 6. The molecule has 2 unspecified atom stereocenters. The zero-order valence-corrected chi connectivity index (χ0v) is 16.3. The highest BCUT2D eigenvalue weighted by atomic mass is 19.1. The molecule has 0 amide bonds. The van der Waals surface area contributed by atoms with Crippen molar-refractivity contribution in [2.24, 2.45) is 0 Å². The Bertz CT molecular complexity index is 896. The number of benzene rings is 2. The largest absolute Gasteiger partial charge is 0.490 e. The van der Waals surface area contributed by atoms with Gasteiger partial charge in [0.15, 0.2) is 0 Å². The number of rotatable bonds is 6. The molecule has 30 heavy (non-hydrogen) atoms. The van der Waals surface area contributed by atoms with Crippen LogP contribution in [0.2, 0.25) is 0 Å². The van der Waals surface area contributed by atoms with E-state index in [1.54, 1.807) is 0 Å². The summed E-state index contributed by atoms with van der Waals surface area (Å²) in [4.78, 5) is 0. The summed E-state index contributed by atoms with van der Waals surface area (Å²) in [6.45, 7) is 0.771. The number of halogens is 2. The van der Waals surface area contributed by atoms with Crippen molar-refractivity contribution >= 4 is 0 Å². The molecule has 0 saturated heterocycles. The summed E-state index contributed by atoms with van der Waals surface area (Å²) < 4.78 is 38.2. The van der Waals surface area contributed by atoms with E-state index in [1.807, 2.05) is 0 Å². The number of ether oxygens (including phenoxy) is 2. The molecule has 2 aromatic rings. The van der Waals surface area contributed by atoms with Gasteiger partial charge in [0.2, 0.25) is 0 Å². The molecule has 0 fully saturated rings. The van der Waals surface area contributed by atoms with Gasteiger partial charge in [0.25, 0.3) is 0 Å². The molecule has 4 rings (SSSR count). The van der Waals surface area contributed by atoms with E-state index in [0.29, 0.717) is 42.0 Å². The second-order valence-electron chi connectivity index (χ2n) is 7.82. The Kier molecular flexibility index (Phi) is 6.19. The lowest BCUT2D eigenvalue weighted by Gasteiger charge is -2.33. The van der Waals surface area contributed by atoms with Gasteiger partial charge in [-0.15, -0.1) is 0 Å². The lowest BCUT2D eigenvalue weighted by Crippen LogP contribution is -2.43. The van der Waals surface area contributed by atoms with Crippen LogP contribution in [0.1, 0.15) is 42.6 Å². The molecular weight excluding hydrogens is 396 g/mol. The van der Waals surface area contributed by atoms with Crippen LogP contribution in [0.5, 0.6) is 11.5 Å². The Morgan fingerprint density at radius 2 is 1.53 bits per heavy atom. The second kappa shape index (κ2) is 8.85. The van der Waals surface area contributed by atoms with E-state index < -0.39 is 36.1 Å². The van der Waals surface area contributed by atoms with E-state index in [1.165, 1.54) is 36.4 Å². The van der Waals surface area contributed by atoms with Crippen molar-refractivity contribution in [1.29, 1.82) is 0 Å². The molecule has 6 nitrogen and oxygen atoms in total. The quantitative estimate of drug-likeness (QED) is 0.536. The van der Waals surface area contributed by atoms with Crippen molar-refractivity contribution < 1.29 is 33.6 Å². The third-order valence-corrected chi connectivity index (χ3v) is 5.60. The maximum absolute atomic E-state index is 13.3. The normalized spacial score (nSPS) is 26.2. The first kappa shape index (κ1) is 21.0. The summed E-state index contributed by atoms with van der Waals surface area (Å²) in [5.74, 6) is 0.00645. The standard InChI is InChI=1S/C22H25F2NO5/c23-12-1-3-20-15(7-12)17(26)9-14(29-20)5-6-25-11-19(28)22-10-18(27)16-8-13(24)2-4-21(16)30-22/h1-4,7-8,14,17-19,22,25-28H,5-6,9-11H2/t14-,17?,18?,19-,22-/m0/s1. The summed E-state index contributed by atoms with van der Waals surface area (Å²) >= 11 is 0. The lowest BCUT2D eigenvalue weighted by atomic mass is 9.96. The smallest absolute Gasteiger partial charge is 0.129 e. The Morgan fingerprint density at radius 1 is 0.933 bits per heavy atom. The first-order valence-electron chi connectivity index (χ1n) is 10.1. The molecular formula is C22H25F2NO5. The minimum Gasteiger partial charge on any atom is -0.490 e. The Labute approximate surface area is 173 Å². The van der Waals surface area contributed by atoms with Crippen molar-refractivity contribution in [3.05, 3.63) is 59.2 Å². The van der Waals surface area contributed by atoms with Crippen LogP contribution in [0.15, 0.2) is 36.4 Å². The molecule has 162 valence electrons. The molecule has 4 N–H and O–H groups in total. The lowest BCUT2D eigenvalue weighted by molar-refractivity contribution is -0.0140. The van der Waals surface area contributed by atoms with Gasteiger partial charge >= 0.3 is 0 Å². The van der Waals surface area contributed by atoms with Crippen LogP contribution in [0.4, 0.5) is 8.78 Å². The van der Waals surface area contributed by atoms with Crippen LogP contribution in [-0.4, -0.2) is 46.7 Å². The highest BCUT2D eigenvalue weighted by molar-refractivity contribution is 5.38. The monoisotopic (exact) mass is 421 g/mol. The summed E-state index contributed by atoms with van der Waals surface area (Å²) in [6.07, 6.45) is -2.24. The molecule has 0 saturated carbocycles. The fourth-order valence-corrected chi connectivity index (χ4v) is 3.99. The van der Waals surface area contributed by atoms with Crippen molar-refractivity contribution in [1.82, 2.24) is 5.32 Å². The molecule has 2 heterocycles. The SMILES string of the molecule is OC1C[C@H](CCNC[C@H](O)[C@@H]2CC(O)c3cc(F)ccc3O2)Oc2ccc(F)cc21. The fraction of sp³-hybridized carbons (Fsp3) is 0.455. The van der Waals surface area contributed by atoms with Crippen molar-refractivity contribution in [3.63, 3.8) is 0 Å². The van der Waals surface area contributed by atoms with Gasteiger partial charge in [0, 0.05) is 30.5 Å². The zero-order valence-electron chi connectivity index (χ0n) is 16.3. The van der Waals surface area contributed by atoms with Crippen LogP contribution in [-0.2, 0) is 0 Å². The van der Waals surface area contributed by atoms with Gasteiger partial charge < -0.3 is 30.1 Å². The van der Waals surface area contributed by atoms with Crippen LogP contribution < -0.4 is 14.8 Å². The number of aliphatic hydroxyl groups excluding tert-OH is 3. The van der Waals surface area contributed by atoms with E-state index in [4.69, 9.17) is 9.47 Å². The van der Waals surface area contributed by atoms with Crippen molar-refractivity contribution in [3.8, 4) is 11.5 Å². The summed E-state index contributed by atoms with van der Waals surface area (Å²) in [5, 5.41) is 34.0. The second-order valence-corrected chi connectivity index (χ2v) is 7.82. The van der Waals surface area contributed by atoms with Gasteiger partial charge in [0.05, 0.1) is 12.2 Å². The van der Waals surface area contributed by atoms with E-state index >= 15 is 0 Å². The van der Waals surface area contributed by atoms with Gasteiger partial charge in [0.1, 0.15) is 41.4 Å². The minimum atomic E-state index is -0.897. The Hall–Kier alpha value is -2.26. The molecule has 0 aliphatic carbocycles. The highest BCUT2D eigenvalue weighted by Crippen LogP contribution is 2.37. The van der Waals surface area contributed by atoms with E-state index in [0.717, 1.165) is 0 Å². The topological polar surface area (TPSA) is 91.2 Å². The van der Waals surface area contributed by atoms with Crippen LogP contribution >= 0.6 is 0 Å². The maximum atomic E-state index is 13.3. The summed E-state index contributed by atoms with van der Waals surface area (Å²) in [6, 6.07) is 8.06. The van der Waals surface area contributed by atoms with Gasteiger partial charge in [-0.3, -0.25) is 0 Å². The van der Waals surface area contributed by atoms with Gasteiger partial charge in [-0.2, -0.15) is 0 Å². The molecule has 0 spiro atoms. The third kappa shape index (κ3) is 4.57. The predicted octanol–water partition coefficient (Wildman–Crippen LogP) is 2.37. The van der Waals surface area contributed by atoms with E-state index in [-0.39, 0.29) is 19.1 Å². The maximum Gasteiger partial charge on any atom is 0.129 e. The highest BCUT2D eigenvalue weighted by Gasteiger charge is 2.32. The number of fused-ring (bicyclic) bond motifs is 2. The van der Waals surface area contributed by atoms with Crippen LogP contribution in [0.3, 0.4) is 0 Å². The molecule has 8 heteroatoms. The number of hydrogen-bond donors (Lipinski definition) is 4. The average molecular weight is 421 g/mol. The molecule has 0 aromatic heterocycles. The van der Waals surface area contributed by atoms with Crippen LogP contribution in [0.25, 0.3) is 0 Å². The van der Waals surface area contributed by atoms with Gasteiger partial charge in [-0.05, 0) is 49.4 Å². The first-order valence-corrected chi connectivity index (χ1v) is 10.1. The first-order chi connectivity index (χ1) is 14.4. The molecule has 5 atom stereocenters. The van der Waals surface area contributed by atoms with Gasteiger partial charge in [-0.1, -0.05) is 0 Å². The minimum absolute atomic E-state index is 0.171. The molecule has 2 aliphatic heterocycles. The molecule has 2 aliphatic rings. The fourth-order valence-electron chi connectivity index (χ4n) is 3.99. The van der Waals surface area contributed by atoms with Crippen LogP contribution in [0, 0.1) is 11.6 Å². The number of nitrogens with one attached hydrogen (secondary N) is 1.